The normalized spacial score (nSPS) is 17.0. The Morgan fingerprint density at radius 3 is 2.37 bits per heavy atom. The van der Waals surface area contributed by atoms with Crippen molar-refractivity contribution >= 4 is 15.8 Å². The van der Waals surface area contributed by atoms with Crippen LogP contribution in [0, 0.1) is 5.82 Å². The molecule has 0 saturated heterocycles. The summed E-state index contributed by atoms with van der Waals surface area (Å²) in [7, 11) is -2.47. The molecule has 104 valence electrons. The van der Waals surface area contributed by atoms with Gasteiger partial charge >= 0.3 is 5.97 Å². The number of aliphatic carboxylic acids is 1. The Kier molecular flexibility index (Phi) is 3.04. The van der Waals surface area contributed by atoms with E-state index in [1.165, 1.54) is 7.11 Å². The minimum Gasteiger partial charge on any atom is -0.495 e. The number of hydrogen-bond acceptors (Lipinski definition) is 4. The average Bonchev–Trinajstić information content (AvgIpc) is 3.07. The number of sulfone groups is 1. The summed E-state index contributed by atoms with van der Waals surface area (Å²) in [6.45, 7) is 0. The van der Waals surface area contributed by atoms with Gasteiger partial charge in [0, 0.05) is 11.8 Å². The van der Waals surface area contributed by atoms with Gasteiger partial charge in [0.15, 0.2) is 9.84 Å². The lowest BCUT2D eigenvalue weighted by Gasteiger charge is -2.17. The second-order valence-corrected chi connectivity index (χ2v) is 6.63. The van der Waals surface area contributed by atoms with Gasteiger partial charge in [-0.3, -0.25) is 4.79 Å². The van der Waals surface area contributed by atoms with E-state index in [9.17, 15) is 22.7 Å². The lowest BCUT2D eigenvalue weighted by Crippen LogP contribution is -2.21. The van der Waals surface area contributed by atoms with Gasteiger partial charge in [-0.25, -0.2) is 12.8 Å². The predicted molar refractivity (Wildman–Crippen MR) is 64.6 cm³/mol. The van der Waals surface area contributed by atoms with E-state index in [0.29, 0.717) is 12.8 Å². The molecule has 1 aliphatic carbocycles. The standard InChI is InChI=1S/C12H13FO5S/c1-18-10-8(12(3-4-12)11(14)15)5-7(13)6-9(10)19(2,16)17/h5-6H,3-4H2,1-2H3,(H,14,15). The number of carboxylic acid groups (broad SMARTS) is 1. The molecule has 0 aromatic heterocycles. The van der Waals surface area contributed by atoms with Crippen LogP contribution in [-0.4, -0.2) is 32.9 Å². The van der Waals surface area contributed by atoms with Crippen molar-refractivity contribution in [1.82, 2.24) is 0 Å². The molecule has 1 saturated carbocycles. The molecule has 7 heteroatoms. The van der Waals surface area contributed by atoms with Crippen molar-refractivity contribution in [2.75, 3.05) is 13.4 Å². The summed E-state index contributed by atoms with van der Waals surface area (Å²) < 4.78 is 41.9. The molecule has 0 aliphatic heterocycles. The monoisotopic (exact) mass is 288 g/mol. The van der Waals surface area contributed by atoms with Crippen LogP contribution in [0.5, 0.6) is 5.75 Å². The number of carboxylic acids is 1. The molecule has 1 N–H and O–H groups in total. The third-order valence-corrected chi connectivity index (χ3v) is 4.40. The number of rotatable bonds is 4. The molecule has 0 amide bonds. The molecule has 0 heterocycles. The van der Waals surface area contributed by atoms with Gasteiger partial charge < -0.3 is 9.84 Å². The van der Waals surface area contributed by atoms with E-state index in [0.717, 1.165) is 18.4 Å². The number of hydrogen-bond donors (Lipinski definition) is 1. The van der Waals surface area contributed by atoms with E-state index < -0.39 is 27.0 Å². The number of benzene rings is 1. The maximum Gasteiger partial charge on any atom is 0.314 e. The van der Waals surface area contributed by atoms with E-state index in [-0.39, 0.29) is 16.2 Å². The van der Waals surface area contributed by atoms with Gasteiger partial charge in [-0.1, -0.05) is 0 Å². The number of methoxy groups -OCH3 is 1. The summed E-state index contributed by atoms with van der Waals surface area (Å²) in [5, 5.41) is 9.23. The first-order valence-corrected chi connectivity index (χ1v) is 7.43. The minimum absolute atomic E-state index is 0.0798. The summed E-state index contributed by atoms with van der Waals surface area (Å²) in [5.41, 5.74) is -1.14. The van der Waals surface area contributed by atoms with E-state index in [1.54, 1.807) is 0 Å². The minimum atomic E-state index is -3.71. The van der Waals surface area contributed by atoms with Crippen LogP contribution in [0.25, 0.3) is 0 Å². The summed E-state index contributed by atoms with van der Waals surface area (Å²) in [6, 6.07) is 1.88. The van der Waals surface area contributed by atoms with Gasteiger partial charge in [-0.2, -0.15) is 0 Å². The average molecular weight is 288 g/mol. The number of ether oxygens (including phenoxy) is 1. The maximum absolute atomic E-state index is 13.6. The van der Waals surface area contributed by atoms with Crippen molar-refractivity contribution in [3.8, 4) is 5.75 Å². The Hall–Kier alpha value is -1.63. The van der Waals surface area contributed by atoms with Gasteiger partial charge in [0.1, 0.15) is 16.5 Å². The Morgan fingerprint density at radius 2 is 2.00 bits per heavy atom. The molecule has 1 aromatic rings. The summed E-state index contributed by atoms with van der Waals surface area (Å²) in [5.74, 6) is -1.97. The lowest BCUT2D eigenvalue weighted by atomic mass is 9.95. The van der Waals surface area contributed by atoms with Crippen LogP contribution in [0.2, 0.25) is 0 Å². The molecule has 0 unspecified atom stereocenters. The highest BCUT2D eigenvalue weighted by molar-refractivity contribution is 7.90. The molecule has 19 heavy (non-hydrogen) atoms. The SMILES string of the molecule is COc1c(C2(C(=O)O)CC2)cc(F)cc1S(C)(=O)=O. The van der Waals surface area contributed by atoms with E-state index >= 15 is 0 Å². The number of carbonyl (C=O) groups is 1. The molecule has 1 aromatic carbocycles. The molecule has 0 radical (unpaired) electrons. The summed E-state index contributed by atoms with van der Waals surface area (Å²) >= 11 is 0. The highest BCUT2D eigenvalue weighted by Gasteiger charge is 2.54. The van der Waals surface area contributed by atoms with Crippen LogP contribution in [0.15, 0.2) is 17.0 Å². The van der Waals surface area contributed by atoms with Crippen LogP contribution in [-0.2, 0) is 20.0 Å². The van der Waals surface area contributed by atoms with Crippen molar-refractivity contribution in [3.05, 3.63) is 23.5 Å². The van der Waals surface area contributed by atoms with Crippen LogP contribution < -0.4 is 4.74 Å². The zero-order valence-electron chi connectivity index (χ0n) is 10.4. The molecule has 0 spiro atoms. The molecule has 1 aliphatic rings. The molecule has 1 fully saturated rings. The van der Waals surface area contributed by atoms with Crippen LogP contribution >= 0.6 is 0 Å². The van der Waals surface area contributed by atoms with Crippen molar-refractivity contribution in [3.63, 3.8) is 0 Å². The van der Waals surface area contributed by atoms with Crippen molar-refractivity contribution in [2.24, 2.45) is 0 Å². The predicted octanol–water partition coefficient (Wildman–Crippen LogP) is 1.35. The molecule has 5 nitrogen and oxygen atoms in total. The Bertz CT molecular complexity index is 646. The first-order chi connectivity index (χ1) is 8.72. The molecule has 2 rings (SSSR count). The van der Waals surface area contributed by atoms with E-state index in [1.807, 2.05) is 0 Å². The third-order valence-electron chi connectivity index (χ3n) is 3.30. The fourth-order valence-electron chi connectivity index (χ4n) is 2.13. The Balaban J connectivity index is 2.76. The molecule has 0 bridgehead atoms. The fraction of sp³-hybridized carbons (Fsp3) is 0.417. The maximum atomic E-state index is 13.6. The molecular formula is C12H13FO5S. The zero-order valence-corrected chi connectivity index (χ0v) is 11.3. The Labute approximate surface area is 109 Å². The second-order valence-electron chi connectivity index (χ2n) is 4.64. The van der Waals surface area contributed by atoms with Gasteiger partial charge in [0.2, 0.25) is 0 Å². The van der Waals surface area contributed by atoms with Crippen molar-refractivity contribution < 1.29 is 27.4 Å². The van der Waals surface area contributed by atoms with Crippen LogP contribution in [0.3, 0.4) is 0 Å². The highest BCUT2D eigenvalue weighted by Crippen LogP contribution is 2.52. The van der Waals surface area contributed by atoms with Crippen molar-refractivity contribution in [1.29, 1.82) is 0 Å². The van der Waals surface area contributed by atoms with Crippen molar-refractivity contribution in [2.45, 2.75) is 23.2 Å². The van der Waals surface area contributed by atoms with Gasteiger partial charge in [0.25, 0.3) is 0 Å². The fourth-order valence-corrected chi connectivity index (χ4v) is 2.99. The quantitative estimate of drug-likeness (QED) is 0.904. The summed E-state index contributed by atoms with van der Waals surface area (Å²) in [4.78, 5) is 11.0. The van der Waals surface area contributed by atoms with Crippen LogP contribution in [0.1, 0.15) is 18.4 Å². The van der Waals surface area contributed by atoms with E-state index in [2.05, 4.69) is 0 Å². The first-order valence-electron chi connectivity index (χ1n) is 5.54. The molecule has 0 atom stereocenters. The molecular weight excluding hydrogens is 275 g/mol. The third kappa shape index (κ3) is 2.18. The first kappa shape index (κ1) is 13.8. The topological polar surface area (TPSA) is 80.7 Å². The Morgan fingerprint density at radius 1 is 1.42 bits per heavy atom. The zero-order chi connectivity index (χ0) is 14.4. The van der Waals surface area contributed by atoms with Gasteiger partial charge in [0.05, 0.1) is 12.5 Å². The largest absolute Gasteiger partial charge is 0.495 e. The van der Waals surface area contributed by atoms with Gasteiger partial charge in [-0.15, -0.1) is 0 Å². The second kappa shape index (κ2) is 4.19. The smallest absolute Gasteiger partial charge is 0.314 e. The van der Waals surface area contributed by atoms with Crippen LogP contribution in [0.4, 0.5) is 4.39 Å². The number of halogens is 1. The lowest BCUT2D eigenvalue weighted by molar-refractivity contribution is -0.140. The highest BCUT2D eigenvalue weighted by atomic mass is 32.2. The van der Waals surface area contributed by atoms with Gasteiger partial charge in [-0.05, 0) is 25.0 Å². The van der Waals surface area contributed by atoms with E-state index in [4.69, 9.17) is 4.74 Å². The summed E-state index contributed by atoms with van der Waals surface area (Å²) in [6.07, 6.45) is 1.60.